The molecule has 17 heavy (non-hydrogen) atoms. The van der Waals surface area contributed by atoms with Crippen LogP contribution in [0.25, 0.3) is 0 Å². The van der Waals surface area contributed by atoms with Crippen LogP contribution >= 0.6 is 0 Å². The normalized spacial score (nSPS) is 17.1. The fourth-order valence-electron chi connectivity index (χ4n) is 2.50. The Kier molecular flexibility index (Phi) is 8.22. The van der Waals surface area contributed by atoms with Gasteiger partial charge in [-0.05, 0) is 0 Å². The van der Waals surface area contributed by atoms with Crippen LogP contribution in [-0.2, 0) is 20.6 Å². The molecule has 0 fully saturated rings. The number of allylic oxidation sites excluding steroid dienone is 8. The predicted molar refractivity (Wildman–Crippen MR) is 67.2 cm³/mol. The van der Waals surface area contributed by atoms with E-state index in [1.165, 1.54) is 12.8 Å². The summed E-state index contributed by atoms with van der Waals surface area (Å²) in [7, 11) is 0. The summed E-state index contributed by atoms with van der Waals surface area (Å²) in [5.41, 5.74) is 1.62. The molecule has 0 aliphatic heterocycles. The van der Waals surface area contributed by atoms with Crippen LogP contribution in [-0.4, -0.2) is 5.98 Å². The Morgan fingerprint density at radius 3 is 2.24 bits per heavy atom. The van der Waals surface area contributed by atoms with E-state index >= 15 is 0 Å². The van der Waals surface area contributed by atoms with Crippen molar-refractivity contribution in [3.05, 3.63) is 42.6 Å². The Labute approximate surface area is 126 Å². The predicted octanol–water partition coefficient (Wildman–Crippen LogP) is -2.33. The summed E-state index contributed by atoms with van der Waals surface area (Å²) in [4.78, 5) is 0. The number of hydrogen-bond donors (Lipinski definition) is 0. The van der Waals surface area contributed by atoms with Crippen LogP contribution in [0.15, 0.2) is 42.6 Å². The molecular formula is C13H19Cl2HfSi. The van der Waals surface area contributed by atoms with E-state index in [0.29, 0.717) is 0 Å². The first-order chi connectivity index (χ1) is 7.20. The van der Waals surface area contributed by atoms with Gasteiger partial charge in [0.2, 0.25) is 0 Å². The SMILES string of the molecule is CC1=[C]([Hf+2]([C]2=CC=CC2)[SiH](C)C)CC=C1.[Cl-].[Cl-]. The van der Waals surface area contributed by atoms with Gasteiger partial charge < -0.3 is 24.8 Å². The maximum atomic E-state index is 2.57. The molecule has 0 radical (unpaired) electrons. The molecular weight excluding hydrogens is 434 g/mol. The van der Waals surface area contributed by atoms with Gasteiger partial charge in [-0.15, -0.1) is 0 Å². The van der Waals surface area contributed by atoms with E-state index in [0.717, 1.165) is 0 Å². The van der Waals surface area contributed by atoms with Gasteiger partial charge in [0, 0.05) is 0 Å². The zero-order valence-electron chi connectivity index (χ0n) is 10.6. The van der Waals surface area contributed by atoms with Crippen molar-refractivity contribution in [2.24, 2.45) is 0 Å². The van der Waals surface area contributed by atoms with Gasteiger partial charge in [-0.1, -0.05) is 0 Å². The second-order valence-corrected chi connectivity index (χ2v) is 31.6. The van der Waals surface area contributed by atoms with E-state index in [4.69, 9.17) is 0 Å². The summed E-state index contributed by atoms with van der Waals surface area (Å²) in [6.45, 7) is 7.46. The van der Waals surface area contributed by atoms with Gasteiger partial charge in [-0.2, -0.15) is 0 Å². The van der Waals surface area contributed by atoms with Crippen molar-refractivity contribution < 1.29 is 45.4 Å². The Morgan fingerprint density at radius 2 is 1.82 bits per heavy atom. The number of hydrogen-bond acceptors (Lipinski definition) is 0. The largest absolute Gasteiger partial charge is 1.00 e. The van der Waals surface area contributed by atoms with Crippen LogP contribution in [0.4, 0.5) is 0 Å². The summed E-state index contributed by atoms with van der Waals surface area (Å²) in [6.07, 6.45) is 14.3. The molecule has 2 aliphatic rings. The van der Waals surface area contributed by atoms with Crippen LogP contribution in [0.1, 0.15) is 19.8 Å². The van der Waals surface area contributed by atoms with E-state index in [9.17, 15) is 0 Å². The van der Waals surface area contributed by atoms with Gasteiger partial charge >= 0.3 is 102 Å². The molecule has 0 amide bonds. The summed E-state index contributed by atoms with van der Waals surface area (Å²) >= 11 is -1.52. The molecule has 0 bridgehead atoms. The standard InChI is InChI=1S/C6H7.C5H5.C2H7Si.2ClH.Hf/c1-6-4-2-3-5-6;1-2-4-5-3-1;1-3-2;;;/h2,4H,3H2,1H3;1-3H,4H2;3H,1-2H3;2*1H;/q;;;;;+2/p-2. The molecule has 0 aromatic heterocycles. The van der Waals surface area contributed by atoms with Gasteiger partial charge in [-0.3, -0.25) is 0 Å². The molecule has 0 spiro atoms. The molecule has 0 saturated carbocycles. The number of rotatable bonds is 3. The van der Waals surface area contributed by atoms with E-state index in [2.05, 4.69) is 50.4 Å². The van der Waals surface area contributed by atoms with Gasteiger partial charge in [0.1, 0.15) is 0 Å². The van der Waals surface area contributed by atoms with Gasteiger partial charge in [0.05, 0.1) is 0 Å². The van der Waals surface area contributed by atoms with Crippen molar-refractivity contribution >= 4 is 5.98 Å². The molecule has 2 rings (SSSR count). The Hall–Kier alpha value is 0.627. The molecule has 0 nitrogen and oxygen atoms in total. The molecule has 0 heterocycles. The summed E-state index contributed by atoms with van der Waals surface area (Å²) in [5, 5.41) is 0. The fraction of sp³-hybridized carbons (Fsp3) is 0.385. The van der Waals surface area contributed by atoms with Gasteiger partial charge in [-0.25, -0.2) is 0 Å². The molecule has 0 aromatic carbocycles. The average molecular weight is 453 g/mol. The second kappa shape index (κ2) is 7.93. The minimum atomic E-state index is -1.52. The van der Waals surface area contributed by atoms with Crippen LogP contribution in [0.3, 0.4) is 0 Å². The molecule has 0 aromatic rings. The average Bonchev–Trinajstić information content (AvgIpc) is 2.79. The van der Waals surface area contributed by atoms with Crippen LogP contribution in [0, 0.1) is 0 Å². The quantitative estimate of drug-likeness (QED) is 0.422. The van der Waals surface area contributed by atoms with Crippen LogP contribution < -0.4 is 24.8 Å². The third kappa shape index (κ3) is 4.05. The van der Waals surface area contributed by atoms with E-state index in [-0.39, 0.29) is 24.8 Å². The van der Waals surface area contributed by atoms with Crippen molar-refractivity contribution in [2.45, 2.75) is 32.9 Å². The van der Waals surface area contributed by atoms with Gasteiger partial charge in [0.25, 0.3) is 0 Å². The zero-order valence-corrected chi connectivity index (χ0v) is 16.9. The summed E-state index contributed by atoms with van der Waals surface area (Å²) in [6, 6.07) is 0. The van der Waals surface area contributed by atoms with Crippen LogP contribution in [0.5, 0.6) is 0 Å². The minimum absolute atomic E-state index is 0. The van der Waals surface area contributed by atoms with E-state index in [1.807, 2.05) is 6.66 Å². The Bertz CT molecular complexity index is 381. The fourth-order valence-corrected chi connectivity index (χ4v) is 30.7. The molecule has 4 heteroatoms. The molecule has 0 unspecified atom stereocenters. The van der Waals surface area contributed by atoms with E-state index in [1.54, 1.807) is 5.57 Å². The van der Waals surface area contributed by atoms with Crippen LogP contribution in [0.2, 0.25) is 13.1 Å². The maximum absolute atomic E-state index is 2.57. The molecule has 0 atom stereocenters. The molecule has 2 aliphatic carbocycles. The smallest absolute Gasteiger partial charge is 1.00 e. The third-order valence-corrected chi connectivity index (χ3v) is 31.0. The van der Waals surface area contributed by atoms with Crippen molar-refractivity contribution in [2.75, 3.05) is 0 Å². The van der Waals surface area contributed by atoms with Crippen molar-refractivity contribution in [1.82, 2.24) is 0 Å². The summed E-state index contributed by atoms with van der Waals surface area (Å²) in [5.74, 6) is -0.423. The third-order valence-electron chi connectivity index (χ3n) is 3.19. The zero-order chi connectivity index (χ0) is 10.8. The van der Waals surface area contributed by atoms with Crippen molar-refractivity contribution in [3.8, 4) is 0 Å². The minimum Gasteiger partial charge on any atom is -1.00 e. The molecule has 93 valence electrons. The van der Waals surface area contributed by atoms with Gasteiger partial charge in [0.15, 0.2) is 0 Å². The van der Waals surface area contributed by atoms with Crippen molar-refractivity contribution in [1.29, 1.82) is 0 Å². The second-order valence-electron chi connectivity index (χ2n) is 4.66. The maximum Gasteiger partial charge on any atom is -1.00 e. The molecule has 0 N–H and O–H groups in total. The van der Waals surface area contributed by atoms with Crippen molar-refractivity contribution in [3.63, 3.8) is 0 Å². The first-order valence-corrected chi connectivity index (χ1v) is 18.5. The Balaban J connectivity index is 0.00000128. The monoisotopic (exact) mass is 453 g/mol. The van der Waals surface area contributed by atoms with E-state index < -0.39 is 26.6 Å². The summed E-state index contributed by atoms with van der Waals surface area (Å²) < 4.78 is 3.79. The number of halogens is 2. The molecule has 0 saturated heterocycles. The topological polar surface area (TPSA) is 0 Å². The first kappa shape index (κ1) is 17.6. The first-order valence-electron chi connectivity index (χ1n) is 5.79. The Morgan fingerprint density at radius 1 is 1.12 bits per heavy atom.